The zero-order valence-electron chi connectivity index (χ0n) is 16.6. The number of benzene rings is 2. The first kappa shape index (κ1) is 21.0. The molecule has 1 aliphatic heterocycles. The van der Waals surface area contributed by atoms with Gasteiger partial charge < -0.3 is 5.32 Å². The molecule has 2 aromatic carbocycles. The summed E-state index contributed by atoms with van der Waals surface area (Å²) in [6.45, 7) is 3.32. The van der Waals surface area contributed by atoms with Gasteiger partial charge in [0.15, 0.2) is 10.3 Å². The van der Waals surface area contributed by atoms with Gasteiger partial charge in [0, 0.05) is 12.3 Å². The summed E-state index contributed by atoms with van der Waals surface area (Å²) in [6, 6.07) is 13.7. The fourth-order valence-corrected chi connectivity index (χ4v) is 4.58. The fraction of sp³-hybridized carbons (Fsp3) is 0.0909. The monoisotopic (exact) mass is 452 g/mol. The van der Waals surface area contributed by atoms with Crippen LogP contribution in [0.15, 0.2) is 63.8 Å². The van der Waals surface area contributed by atoms with Crippen molar-refractivity contribution in [1.82, 2.24) is 10.3 Å². The number of anilines is 2. The second-order valence-electron chi connectivity index (χ2n) is 6.68. The van der Waals surface area contributed by atoms with Gasteiger partial charge in [0.1, 0.15) is 5.82 Å². The average molecular weight is 453 g/mol. The van der Waals surface area contributed by atoms with E-state index in [1.165, 1.54) is 47.1 Å². The van der Waals surface area contributed by atoms with Crippen molar-refractivity contribution in [3.63, 3.8) is 0 Å². The molecule has 2 heterocycles. The number of aryl methyl sites for hydroxylation is 1. The van der Waals surface area contributed by atoms with Crippen LogP contribution >= 0.6 is 23.1 Å². The minimum Gasteiger partial charge on any atom is -0.300 e. The van der Waals surface area contributed by atoms with Crippen molar-refractivity contribution in [2.75, 3.05) is 4.90 Å². The number of thioether (sulfide) groups is 1. The van der Waals surface area contributed by atoms with Gasteiger partial charge in [-0.2, -0.15) is 0 Å². The van der Waals surface area contributed by atoms with E-state index >= 15 is 0 Å². The first-order chi connectivity index (χ1) is 14.9. The second-order valence-corrected chi connectivity index (χ2v) is 8.55. The van der Waals surface area contributed by atoms with Crippen molar-refractivity contribution in [2.24, 2.45) is 4.99 Å². The highest BCUT2D eigenvalue weighted by molar-refractivity contribution is 8.18. The molecule has 0 atom stereocenters. The molecule has 0 bridgehead atoms. The standard InChI is InChI=1S/C22H17FN4O2S2/c1-13-6-5-7-15(10-13)24-21-26-20(29)19(31-21)11-16-12-30-22(25-16)27(14(2)28)18-9-4-3-8-17(18)23/h3-12H,1-2H3,(H,24,26,29)/b19-11-. The number of aliphatic imine (C=N–C) groups is 1. The van der Waals surface area contributed by atoms with E-state index in [1.807, 2.05) is 31.2 Å². The molecule has 156 valence electrons. The lowest BCUT2D eigenvalue weighted by atomic mass is 10.2. The van der Waals surface area contributed by atoms with E-state index in [-0.39, 0.29) is 17.5 Å². The van der Waals surface area contributed by atoms with E-state index < -0.39 is 5.82 Å². The van der Waals surface area contributed by atoms with Gasteiger partial charge in [-0.25, -0.2) is 14.4 Å². The van der Waals surface area contributed by atoms with Gasteiger partial charge in [-0.05, 0) is 54.6 Å². The third kappa shape index (κ3) is 4.73. The molecule has 0 spiro atoms. The van der Waals surface area contributed by atoms with Crippen LogP contribution in [0.5, 0.6) is 0 Å². The Bertz CT molecular complexity index is 1240. The normalized spacial score (nSPS) is 16.0. The van der Waals surface area contributed by atoms with Crippen LogP contribution in [0, 0.1) is 12.7 Å². The van der Waals surface area contributed by atoms with E-state index in [0.717, 1.165) is 11.3 Å². The summed E-state index contributed by atoms with van der Waals surface area (Å²) in [5.41, 5.74) is 2.45. The van der Waals surface area contributed by atoms with Crippen molar-refractivity contribution in [3.05, 3.63) is 75.9 Å². The molecule has 9 heteroatoms. The number of aromatic nitrogens is 1. The van der Waals surface area contributed by atoms with Gasteiger partial charge in [0.2, 0.25) is 5.91 Å². The minimum atomic E-state index is -0.518. The van der Waals surface area contributed by atoms with Crippen molar-refractivity contribution < 1.29 is 14.0 Å². The molecule has 1 saturated heterocycles. The summed E-state index contributed by atoms with van der Waals surface area (Å²) in [5, 5.41) is 5.25. The first-order valence-electron chi connectivity index (χ1n) is 9.28. The van der Waals surface area contributed by atoms with Crippen LogP contribution in [0.3, 0.4) is 0 Å². The zero-order chi connectivity index (χ0) is 22.0. The molecule has 0 unspecified atom stereocenters. The van der Waals surface area contributed by atoms with Gasteiger partial charge in [0.25, 0.3) is 5.91 Å². The van der Waals surface area contributed by atoms with Crippen molar-refractivity contribution >= 4 is 62.7 Å². The molecule has 31 heavy (non-hydrogen) atoms. The van der Waals surface area contributed by atoms with Crippen LogP contribution < -0.4 is 10.2 Å². The van der Waals surface area contributed by atoms with Crippen LogP contribution in [-0.4, -0.2) is 22.0 Å². The van der Waals surface area contributed by atoms with E-state index in [9.17, 15) is 14.0 Å². The smallest absolute Gasteiger partial charge is 0.264 e. The van der Waals surface area contributed by atoms with E-state index in [0.29, 0.717) is 20.9 Å². The molecule has 0 saturated carbocycles. The molecular formula is C22H17FN4O2S2. The van der Waals surface area contributed by atoms with Gasteiger partial charge >= 0.3 is 0 Å². The summed E-state index contributed by atoms with van der Waals surface area (Å²) in [4.78, 5) is 35.0. The zero-order valence-corrected chi connectivity index (χ0v) is 18.3. The Morgan fingerprint density at radius 1 is 1.23 bits per heavy atom. The second kappa shape index (κ2) is 8.83. The van der Waals surface area contributed by atoms with E-state index in [1.54, 1.807) is 23.6 Å². The number of nitrogens with zero attached hydrogens (tertiary/aromatic N) is 3. The van der Waals surface area contributed by atoms with Crippen molar-refractivity contribution in [3.8, 4) is 0 Å². The number of thiazole rings is 1. The number of rotatable bonds is 4. The maximum Gasteiger partial charge on any atom is 0.264 e. The van der Waals surface area contributed by atoms with Gasteiger partial charge in [-0.1, -0.05) is 24.3 Å². The first-order valence-corrected chi connectivity index (χ1v) is 11.0. The van der Waals surface area contributed by atoms with Crippen LogP contribution in [0.1, 0.15) is 18.2 Å². The number of para-hydroxylation sites is 1. The number of carbonyl (C=O) groups excluding carboxylic acids is 2. The average Bonchev–Trinajstić information content (AvgIpc) is 3.30. The van der Waals surface area contributed by atoms with Gasteiger partial charge in [-0.15, -0.1) is 11.3 Å². The molecular weight excluding hydrogens is 435 g/mol. The minimum absolute atomic E-state index is 0.129. The molecule has 1 aliphatic rings. The number of carbonyl (C=O) groups is 2. The Morgan fingerprint density at radius 2 is 2.03 bits per heavy atom. The number of halogens is 1. The molecule has 1 aromatic heterocycles. The Morgan fingerprint density at radius 3 is 2.77 bits per heavy atom. The van der Waals surface area contributed by atoms with Gasteiger partial charge in [-0.3, -0.25) is 14.5 Å². The molecule has 0 aliphatic carbocycles. The third-order valence-electron chi connectivity index (χ3n) is 4.27. The predicted molar refractivity (Wildman–Crippen MR) is 123 cm³/mol. The van der Waals surface area contributed by atoms with E-state index in [2.05, 4.69) is 15.3 Å². The molecule has 1 fully saturated rings. The lowest BCUT2D eigenvalue weighted by Gasteiger charge is -2.18. The van der Waals surface area contributed by atoms with E-state index in [4.69, 9.17) is 0 Å². The molecule has 6 nitrogen and oxygen atoms in total. The Hall–Kier alpha value is -3.30. The van der Waals surface area contributed by atoms with Crippen LogP contribution in [0.4, 0.5) is 20.9 Å². The maximum atomic E-state index is 14.2. The Balaban J connectivity index is 1.58. The number of hydrogen-bond acceptors (Lipinski definition) is 6. The summed E-state index contributed by atoms with van der Waals surface area (Å²) in [6.07, 6.45) is 1.62. The van der Waals surface area contributed by atoms with Gasteiger partial charge in [0.05, 0.1) is 22.0 Å². The Kier molecular flexibility index (Phi) is 5.97. The number of hydrogen-bond donors (Lipinski definition) is 1. The molecule has 2 amide bonds. The molecule has 1 N–H and O–H groups in total. The third-order valence-corrected chi connectivity index (χ3v) is 6.03. The summed E-state index contributed by atoms with van der Waals surface area (Å²) in [7, 11) is 0. The lowest BCUT2D eigenvalue weighted by Crippen LogP contribution is -2.23. The lowest BCUT2D eigenvalue weighted by molar-refractivity contribution is -0.116. The van der Waals surface area contributed by atoms with Crippen LogP contribution in [-0.2, 0) is 9.59 Å². The summed E-state index contributed by atoms with van der Waals surface area (Å²) >= 11 is 2.40. The maximum absolute atomic E-state index is 14.2. The van der Waals surface area contributed by atoms with Crippen molar-refractivity contribution in [1.29, 1.82) is 0 Å². The molecule has 3 aromatic rings. The van der Waals surface area contributed by atoms with Crippen LogP contribution in [0.25, 0.3) is 6.08 Å². The highest BCUT2D eigenvalue weighted by atomic mass is 32.2. The molecule has 0 radical (unpaired) electrons. The predicted octanol–water partition coefficient (Wildman–Crippen LogP) is 5.17. The fourth-order valence-electron chi connectivity index (χ4n) is 2.92. The highest BCUT2D eigenvalue weighted by Gasteiger charge is 2.25. The summed E-state index contributed by atoms with van der Waals surface area (Å²) in [5.74, 6) is -1.15. The number of nitrogens with one attached hydrogen (secondary N) is 1. The Labute approximate surface area is 186 Å². The molecule has 4 rings (SSSR count). The SMILES string of the molecule is CC(=O)N(c1nc(/C=C2\SC(=Nc3cccc(C)c3)NC2=O)cs1)c1ccccc1F. The van der Waals surface area contributed by atoms with Crippen LogP contribution in [0.2, 0.25) is 0 Å². The number of amides is 2. The topological polar surface area (TPSA) is 74.7 Å². The highest BCUT2D eigenvalue weighted by Crippen LogP contribution is 2.33. The quantitative estimate of drug-likeness (QED) is 0.555. The number of amidine groups is 1. The largest absolute Gasteiger partial charge is 0.300 e. The summed E-state index contributed by atoms with van der Waals surface area (Å²) < 4.78 is 14.2. The van der Waals surface area contributed by atoms with Crippen molar-refractivity contribution in [2.45, 2.75) is 13.8 Å².